The van der Waals surface area contributed by atoms with Gasteiger partial charge in [0.05, 0.1) is 22.6 Å². The largest absolute Gasteiger partial charge is 0.457 e. The maximum atomic E-state index is 13.5. The molecule has 0 spiro atoms. The molecule has 0 aliphatic carbocycles. The highest BCUT2D eigenvalue weighted by Crippen LogP contribution is 2.36. The molecular formula is C46H48N10O6S. The van der Waals surface area contributed by atoms with Crippen LogP contribution in [0.5, 0.6) is 11.5 Å². The lowest BCUT2D eigenvalue weighted by Gasteiger charge is -2.34. The number of anilines is 1. The number of likely N-dealkylation sites (tertiary alicyclic amines) is 1. The predicted molar refractivity (Wildman–Crippen MR) is 237 cm³/mol. The molecule has 63 heavy (non-hydrogen) atoms. The molecule has 5 amide bonds. The van der Waals surface area contributed by atoms with Crippen LogP contribution in [0.25, 0.3) is 22.3 Å². The minimum absolute atomic E-state index is 0.0190. The molecule has 4 aliphatic heterocycles. The lowest BCUT2D eigenvalue weighted by Crippen LogP contribution is -2.54. The molecule has 0 saturated carbocycles. The van der Waals surface area contributed by atoms with Gasteiger partial charge in [0.2, 0.25) is 17.7 Å². The van der Waals surface area contributed by atoms with Gasteiger partial charge in [-0.1, -0.05) is 30.3 Å². The van der Waals surface area contributed by atoms with Gasteiger partial charge in [-0.05, 0) is 86.5 Å². The number of nitrogens with one attached hydrogen (secondary N) is 1. The Bertz CT molecular complexity index is 2580. The second-order valence-electron chi connectivity index (χ2n) is 16.1. The summed E-state index contributed by atoms with van der Waals surface area (Å²) in [6.07, 6.45) is 7.91. The van der Waals surface area contributed by atoms with Crippen LogP contribution in [0.1, 0.15) is 58.9 Å². The van der Waals surface area contributed by atoms with Crippen LogP contribution in [0.2, 0.25) is 0 Å². The van der Waals surface area contributed by atoms with E-state index in [2.05, 4.69) is 25.1 Å². The summed E-state index contributed by atoms with van der Waals surface area (Å²) < 4.78 is 7.90. The summed E-state index contributed by atoms with van der Waals surface area (Å²) in [4.78, 5) is 81.5. The summed E-state index contributed by atoms with van der Waals surface area (Å²) in [6.45, 7) is 6.36. The number of ether oxygens (including phenoxy) is 1. The van der Waals surface area contributed by atoms with Gasteiger partial charge in [-0.15, -0.1) is 11.8 Å². The number of hydrogen-bond donors (Lipinski definition) is 2. The third kappa shape index (κ3) is 8.94. The molecule has 2 atom stereocenters. The normalized spacial score (nSPS) is 19.9. The van der Waals surface area contributed by atoms with Crippen molar-refractivity contribution >= 4 is 58.1 Å². The first-order valence-electron chi connectivity index (χ1n) is 21.4. The zero-order valence-corrected chi connectivity index (χ0v) is 35.5. The second-order valence-corrected chi connectivity index (χ2v) is 17.3. The molecule has 3 saturated heterocycles. The van der Waals surface area contributed by atoms with Crippen LogP contribution in [0, 0.1) is 0 Å². The molecule has 0 radical (unpaired) electrons. The summed E-state index contributed by atoms with van der Waals surface area (Å²) in [6, 6.07) is 21.5. The van der Waals surface area contributed by atoms with Crippen LogP contribution < -0.4 is 15.8 Å². The van der Waals surface area contributed by atoms with Crippen LogP contribution in [-0.4, -0.2) is 133 Å². The number of rotatable bonds is 13. The van der Waals surface area contributed by atoms with E-state index < -0.39 is 29.7 Å². The van der Waals surface area contributed by atoms with Crippen LogP contribution in [0.4, 0.5) is 5.82 Å². The van der Waals surface area contributed by atoms with Gasteiger partial charge in [-0.2, -0.15) is 5.10 Å². The van der Waals surface area contributed by atoms with E-state index >= 15 is 0 Å². The van der Waals surface area contributed by atoms with Crippen molar-refractivity contribution in [3.05, 3.63) is 102 Å². The molecule has 324 valence electrons. The SMILES string of the molecule is Nc1ncnc2c1c(-c1ccc(Oc3ccccc3)cc1)nn2[C@@H]1CCCN(C(=O)/C=C/CN2CCN(CCCSc3cccc4c3C(=O)N(C3CCC(=O)NC3=O)C4=O)CC2)C1. The van der Waals surface area contributed by atoms with Gasteiger partial charge in [0.15, 0.2) is 5.65 Å². The summed E-state index contributed by atoms with van der Waals surface area (Å²) in [7, 11) is 0. The number of amides is 5. The van der Waals surface area contributed by atoms with Gasteiger partial charge in [-0.25, -0.2) is 14.6 Å². The summed E-state index contributed by atoms with van der Waals surface area (Å²) >= 11 is 1.54. The van der Waals surface area contributed by atoms with E-state index in [0.29, 0.717) is 59.1 Å². The summed E-state index contributed by atoms with van der Waals surface area (Å²) in [5.74, 6) is 0.570. The van der Waals surface area contributed by atoms with E-state index in [4.69, 9.17) is 15.6 Å². The maximum Gasteiger partial charge on any atom is 0.263 e. The third-order valence-electron chi connectivity index (χ3n) is 12.1. The van der Waals surface area contributed by atoms with E-state index in [1.54, 1.807) is 30.0 Å². The molecule has 3 N–H and O–H groups in total. The summed E-state index contributed by atoms with van der Waals surface area (Å²) in [5, 5.41) is 7.97. The lowest BCUT2D eigenvalue weighted by atomic mass is 10.0. The number of nitrogens with two attached hydrogens (primary N) is 1. The fourth-order valence-corrected chi connectivity index (χ4v) is 9.80. The molecule has 16 nitrogen and oxygen atoms in total. The number of para-hydroxylation sites is 1. The Kier molecular flexibility index (Phi) is 12.3. The molecule has 1 unspecified atom stereocenters. The van der Waals surface area contributed by atoms with E-state index in [1.807, 2.05) is 76.3 Å². The van der Waals surface area contributed by atoms with Gasteiger partial charge in [0.1, 0.15) is 35.4 Å². The van der Waals surface area contributed by atoms with E-state index in [9.17, 15) is 24.0 Å². The van der Waals surface area contributed by atoms with Gasteiger partial charge in [0.25, 0.3) is 11.8 Å². The molecule has 3 fully saturated rings. The predicted octanol–water partition coefficient (Wildman–Crippen LogP) is 4.79. The average molecular weight is 869 g/mol. The van der Waals surface area contributed by atoms with Gasteiger partial charge >= 0.3 is 0 Å². The molecular weight excluding hydrogens is 821 g/mol. The minimum Gasteiger partial charge on any atom is -0.457 e. The maximum absolute atomic E-state index is 13.5. The van der Waals surface area contributed by atoms with Crippen molar-refractivity contribution in [3.8, 4) is 22.8 Å². The highest BCUT2D eigenvalue weighted by molar-refractivity contribution is 7.99. The highest BCUT2D eigenvalue weighted by atomic mass is 32.2. The monoisotopic (exact) mass is 868 g/mol. The topological polar surface area (TPSA) is 189 Å². The molecule has 5 aromatic rings. The lowest BCUT2D eigenvalue weighted by molar-refractivity contribution is -0.136. The zero-order valence-electron chi connectivity index (χ0n) is 34.7. The van der Waals surface area contributed by atoms with Crippen LogP contribution >= 0.6 is 11.8 Å². The number of piperazine rings is 1. The Morgan fingerprint density at radius 2 is 1.65 bits per heavy atom. The van der Waals surface area contributed by atoms with Crippen LogP contribution in [0.15, 0.2) is 96.2 Å². The highest BCUT2D eigenvalue weighted by Gasteiger charge is 2.45. The number of benzene rings is 3. The number of hydrogen-bond acceptors (Lipinski definition) is 13. The summed E-state index contributed by atoms with van der Waals surface area (Å²) in [5.41, 5.74) is 9.25. The molecule has 4 aliphatic rings. The van der Waals surface area contributed by atoms with Crippen LogP contribution in [-0.2, 0) is 14.4 Å². The number of carbonyl (C=O) groups excluding carboxylic acids is 5. The van der Waals surface area contributed by atoms with E-state index in [1.165, 1.54) is 6.33 Å². The average Bonchev–Trinajstić information content (AvgIpc) is 3.82. The second kappa shape index (κ2) is 18.5. The molecule has 9 rings (SSSR count). The van der Waals surface area contributed by atoms with Gasteiger partial charge < -0.3 is 20.3 Å². The zero-order chi connectivity index (χ0) is 43.5. The quantitative estimate of drug-likeness (QED) is 0.0713. The molecule has 0 bridgehead atoms. The molecule has 17 heteroatoms. The Morgan fingerprint density at radius 3 is 2.44 bits per heavy atom. The number of piperidine rings is 2. The van der Waals surface area contributed by atoms with Crippen molar-refractivity contribution in [3.63, 3.8) is 0 Å². The first-order valence-corrected chi connectivity index (χ1v) is 22.4. The van der Waals surface area contributed by atoms with Crippen molar-refractivity contribution in [2.24, 2.45) is 0 Å². The van der Waals surface area contributed by atoms with Crippen LogP contribution in [0.3, 0.4) is 0 Å². The first-order chi connectivity index (χ1) is 30.7. The van der Waals surface area contributed by atoms with Gasteiger partial charge in [-0.3, -0.25) is 39.1 Å². The molecule has 6 heterocycles. The fourth-order valence-electron chi connectivity index (χ4n) is 8.79. The molecule has 3 aromatic carbocycles. The van der Waals surface area contributed by atoms with Crippen molar-refractivity contribution in [2.75, 3.05) is 63.8 Å². The Hall–Kier alpha value is -6.43. The fraction of sp³-hybridized carbons (Fsp3) is 0.348. The third-order valence-corrected chi connectivity index (χ3v) is 13.2. The number of imide groups is 2. The number of fused-ring (bicyclic) bond motifs is 2. The van der Waals surface area contributed by atoms with Crippen molar-refractivity contribution in [2.45, 2.75) is 49.1 Å². The Labute approximate surface area is 368 Å². The van der Waals surface area contributed by atoms with Gasteiger partial charge in [0, 0.05) is 68.8 Å². The number of carbonyl (C=O) groups is 5. The minimum atomic E-state index is -0.982. The number of nitrogens with zero attached hydrogens (tertiary/aromatic N) is 8. The number of thioether (sulfide) groups is 1. The number of nitrogen functional groups attached to an aromatic ring is 1. The number of aromatic nitrogens is 4. The smallest absolute Gasteiger partial charge is 0.263 e. The van der Waals surface area contributed by atoms with Crippen molar-refractivity contribution in [1.82, 2.24) is 44.7 Å². The Balaban J connectivity index is 0.738. The first kappa shape index (κ1) is 41.9. The van der Waals surface area contributed by atoms with E-state index in [0.717, 1.165) is 78.8 Å². The van der Waals surface area contributed by atoms with E-state index in [-0.39, 0.29) is 24.8 Å². The van der Waals surface area contributed by atoms with Crippen molar-refractivity contribution in [1.29, 1.82) is 0 Å². The Morgan fingerprint density at radius 1 is 0.873 bits per heavy atom. The standard InChI is InChI=1S/C46H48N10O6S/c47-42-40-41(30-14-16-33(17-15-30)62-32-9-2-1-3-10-32)51-56(43(40)49-29-48-42)31-8-5-22-54(28-31)38(58)13-6-20-52-23-25-53(26-24-52)21-7-27-63-36-12-4-11-34-39(36)46(61)55(45(34)60)35-18-19-37(57)50-44(35)59/h1-4,6,9-17,29,31,35H,5,7-8,18-28H2,(H2,47,48,49)(H,50,57,59)/b13-6+/t31-,35?/m1/s1. The molecule has 2 aromatic heterocycles. The van der Waals surface area contributed by atoms with Crippen molar-refractivity contribution < 1.29 is 28.7 Å².